The molecule has 4 nitrogen and oxygen atoms in total. The van der Waals surface area contributed by atoms with Crippen molar-refractivity contribution in [1.29, 1.82) is 0 Å². The zero-order valence-corrected chi connectivity index (χ0v) is 9.92. The minimum Gasteiger partial charge on any atom is -0.461 e. The van der Waals surface area contributed by atoms with E-state index in [0.717, 1.165) is 0 Å². The predicted molar refractivity (Wildman–Crippen MR) is 65.5 cm³/mol. The van der Waals surface area contributed by atoms with E-state index in [0.29, 0.717) is 12.2 Å². The van der Waals surface area contributed by atoms with Gasteiger partial charge in [0.15, 0.2) is 5.71 Å². The zero-order valence-electron chi connectivity index (χ0n) is 9.92. The standard InChI is InChI=1S/C13H15NO3/c1-3-10-17-14-12(13(15)16-4-2)11-8-6-5-7-9-11/h3,5-10H,4H2,1-2H3/b10-3?,14-12-. The summed E-state index contributed by atoms with van der Waals surface area (Å²) >= 11 is 0. The van der Waals surface area contributed by atoms with E-state index >= 15 is 0 Å². The van der Waals surface area contributed by atoms with Crippen LogP contribution in [-0.2, 0) is 14.4 Å². The van der Waals surface area contributed by atoms with Crippen LogP contribution in [-0.4, -0.2) is 18.3 Å². The van der Waals surface area contributed by atoms with Crippen LogP contribution in [0.3, 0.4) is 0 Å². The second kappa shape index (κ2) is 7.22. The number of benzene rings is 1. The lowest BCUT2D eigenvalue weighted by Gasteiger charge is -2.04. The van der Waals surface area contributed by atoms with Gasteiger partial charge < -0.3 is 9.57 Å². The van der Waals surface area contributed by atoms with Crippen LogP contribution >= 0.6 is 0 Å². The Morgan fingerprint density at radius 2 is 2.06 bits per heavy atom. The van der Waals surface area contributed by atoms with Gasteiger partial charge in [0.1, 0.15) is 6.26 Å². The maximum atomic E-state index is 11.7. The summed E-state index contributed by atoms with van der Waals surface area (Å²) in [6, 6.07) is 9.04. The third-order valence-electron chi connectivity index (χ3n) is 1.86. The number of carbonyl (C=O) groups excluding carboxylic acids is 1. The smallest absolute Gasteiger partial charge is 0.361 e. The van der Waals surface area contributed by atoms with Gasteiger partial charge in [-0.2, -0.15) is 0 Å². The third kappa shape index (κ3) is 4.10. The molecule has 0 fully saturated rings. The number of esters is 1. The van der Waals surface area contributed by atoms with Crippen molar-refractivity contribution in [3.63, 3.8) is 0 Å². The Morgan fingerprint density at radius 3 is 2.65 bits per heavy atom. The first kappa shape index (κ1) is 13.0. The molecule has 0 amide bonds. The van der Waals surface area contributed by atoms with Crippen molar-refractivity contribution in [2.75, 3.05) is 6.61 Å². The maximum Gasteiger partial charge on any atom is 0.361 e. The van der Waals surface area contributed by atoms with Gasteiger partial charge >= 0.3 is 5.97 Å². The average molecular weight is 233 g/mol. The molecule has 0 spiro atoms. The molecular weight excluding hydrogens is 218 g/mol. The highest BCUT2D eigenvalue weighted by Crippen LogP contribution is 2.04. The van der Waals surface area contributed by atoms with E-state index in [2.05, 4.69) is 5.16 Å². The highest BCUT2D eigenvalue weighted by molar-refractivity contribution is 6.43. The van der Waals surface area contributed by atoms with Gasteiger partial charge in [-0.05, 0) is 19.9 Å². The second-order valence-electron chi connectivity index (χ2n) is 3.10. The molecule has 1 rings (SSSR count). The molecule has 1 aromatic rings. The summed E-state index contributed by atoms with van der Waals surface area (Å²) in [6.07, 6.45) is 3.07. The fourth-order valence-electron chi connectivity index (χ4n) is 1.15. The summed E-state index contributed by atoms with van der Waals surface area (Å²) in [7, 11) is 0. The zero-order chi connectivity index (χ0) is 12.5. The van der Waals surface area contributed by atoms with Crippen LogP contribution in [0.2, 0.25) is 0 Å². The van der Waals surface area contributed by atoms with Crippen molar-refractivity contribution in [2.45, 2.75) is 13.8 Å². The molecule has 0 aliphatic carbocycles. The molecule has 17 heavy (non-hydrogen) atoms. The number of carbonyl (C=O) groups is 1. The molecule has 0 heterocycles. The molecule has 0 aliphatic rings. The Bertz CT molecular complexity index is 410. The number of oxime groups is 1. The largest absolute Gasteiger partial charge is 0.461 e. The van der Waals surface area contributed by atoms with Gasteiger partial charge in [-0.1, -0.05) is 35.5 Å². The van der Waals surface area contributed by atoms with Crippen LogP contribution in [0.1, 0.15) is 19.4 Å². The summed E-state index contributed by atoms with van der Waals surface area (Å²) in [5, 5.41) is 3.76. The van der Waals surface area contributed by atoms with E-state index in [4.69, 9.17) is 9.57 Å². The SMILES string of the molecule is CC=CO/N=C(\C(=O)OCC)c1ccccc1. The molecule has 0 aliphatic heterocycles. The van der Waals surface area contributed by atoms with Gasteiger partial charge in [0.05, 0.1) is 6.61 Å². The predicted octanol–water partition coefficient (Wildman–Crippen LogP) is 2.50. The van der Waals surface area contributed by atoms with Gasteiger partial charge in [0, 0.05) is 5.56 Å². The molecule has 0 N–H and O–H groups in total. The van der Waals surface area contributed by atoms with Crippen molar-refractivity contribution in [2.24, 2.45) is 5.16 Å². The quantitative estimate of drug-likeness (QED) is 0.340. The average Bonchev–Trinajstić information content (AvgIpc) is 2.36. The first-order valence-corrected chi connectivity index (χ1v) is 5.37. The number of allylic oxidation sites excluding steroid dienone is 1. The highest BCUT2D eigenvalue weighted by Gasteiger charge is 2.15. The summed E-state index contributed by atoms with van der Waals surface area (Å²) < 4.78 is 4.92. The molecule has 0 atom stereocenters. The topological polar surface area (TPSA) is 47.9 Å². The van der Waals surface area contributed by atoms with Gasteiger partial charge in [-0.3, -0.25) is 0 Å². The Balaban J connectivity index is 2.94. The van der Waals surface area contributed by atoms with E-state index in [9.17, 15) is 4.79 Å². The number of hydrogen-bond acceptors (Lipinski definition) is 4. The molecule has 1 aromatic carbocycles. The van der Waals surface area contributed by atoms with Gasteiger partial charge in [-0.15, -0.1) is 0 Å². The monoisotopic (exact) mass is 233 g/mol. The lowest BCUT2D eigenvalue weighted by atomic mass is 10.1. The second-order valence-corrected chi connectivity index (χ2v) is 3.10. The normalized spacial score (nSPS) is 11.5. The van der Waals surface area contributed by atoms with E-state index in [1.54, 1.807) is 32.1 Å². The Labute approximate surface area is 101 Å². The lowest BCUT2D eigenvalue weighted by molar-refractivity contribution is -0.135. The summed E-state index contributed by atoms with van der Waals surface area (Å²) in [5.41, 5.74) is 0.820. The summed E-state index contributed by atoms with van der Waals surface area (Å²) in [6.45, 7) is 3.84. The van der Waals surface area contributed by atoms with Crippen LogP contribution in [0.15, 0.2) is 47.8 Å². The summed E-state index contributed by atoms with van der Waals surface area (Å²) in [5.74, 6) is -0.497. The molecular formula is C13H15NO3. The van der Waals surface area contributed by atoms with E-state index in [-0.39, 0.29) is 5.71 Å². The maximum absolute atomic E-state index is 11.7. The molecule has 0 unspecified atom stereocenters. The Morgan fingerprint density at radius 1 is 1.35 bits per heavy atom. The highest BCUT2D eigenvalue weighted by atomic mass is 16.6. The molecule has 90 valence electrons. The van der Waals surface area contributed by atoms with Crippen molar-refractivity contribution < 1.29 is 14.4 Å². The van der Waals surface area contributed by atoms with Crippen molar-refractivity contribution in [3.8, 4) is 0 Å². The van der Waals surface area contributed by atoms with Crippen molar-refractivity contribution in [3.05, 3.63) is 48.2 Å². The number of ether oxygens (including phenoxy) is 1. The molecule has 4 heteroatoms. The first-order valence-electron chi connectivity index (χ1n) is 5.37. The molecule has 0 saturated heterocycles. The molecule has 0 bridgehead atoms. The van der Waals surface area contributed by atoms with Gasteiger partial charge in [-0.25, -0.2) is 4.79 Å². The summed E-state index contributed by atoms with van der Waals surface area (Å²) in [4.78, 5) is 16.6. The van der Waals surface area contributed by atoms with E-state index < -0.39 is 5.97 Å². The first-order chi connectivity index (χ1) is 8.29. The van der Waals surface area contributed by atoms with Crippen LogP contribution in [0.4, 0.5) is 0 Å². The Kier molecular flexibility index (Phi) is 5.51. The lowest BCUT2D eigenvalue weighted by Crippen LogP contribution is -2.19. The van der Waals surface area contributed by atoms with Crippen LogP contribution in [0.25, 0.3) is 0 Å². The number of hydrogen-bond donors (Lipinski definition) is 0. The molecule has 0 saturated carbocycles. The van der Waals surface area contributed by atoms with Gasteiger partial charge in [0.25, 0.3) is 0 Å². The third-order valence-corrected chi connectivity index (χ3v) is 1.86. The fraction of sp³-hybridized carbons (Fsp3) is 0.231. The van der Waals surface area contributed by atoms with E-state index in [1.165, 1.54) is 6.26 Å². The van der Waals surface area contributed by atoms with Crippen molar-refractivity contribution in [1.82, 2.24) is 0 Å². The van der Waals surface area contributed by atoms with E-state index in [1.807, 2.05) is 18.2 Å². The van der Waals surface area contributed by atoms with Crippen LogP contribution in [0.5, 0.6) is 0 Å². The van der Waals surface area contributed by atoms with Gasteiger partial charge in [0.2, 0.25) is 0 Å². The fourth-order valence-corrected chi connectivity index (χ4v) is 1.15. The minimum absolute atomic E-state index is 0.158. The van der Waals surface area contributed by atoms with Crippen LogP contribution < -0.4 is 0 Å². The minimum atomic E-state index is -0.497. The number of nitrogens with zero attached hydrogens (tertiary/aromatic N) is 1. The molecule has 0 radical (unpaired) electrons. The van der Waals surface area contributed by atoms with Crippen molar-refractivity contribution >= 4 is 11.7 Å². The number of rotatable bonds is 5. The van der Waals surface area contributed by atoms with Crippen LogP contribution in [0, 0.1) is 0 Å². The Hall–Kier alpha value is -2.10. The molecule has 0 aromatic heterocycles.